The highest BCUT2D eigenvalue weighted by atomic mass is 16.5. The van der Waals surface area contributed by atoms with E-state index in [1.165, 1.54) is 11.1 Å². The summed E-state index contributed by atoms with van der Waals surface area (Å²) in [6.45, 7) is 10.2. The summed E-state index contributed by atoms with van der Waals surface area (Å²) in [7, 11) is 0. The fourth-order valence-electron chi connectivity index (χ4n) is 2.84. The van der Waals surface area contributed by atoms with Gasteiger partial charge >= 0.3 is 0 Å². The molecule has 3 nitrogen and oxygen atoms in total. The maximum atomic E-state index is 12.6. The molecule has 25 heavy (non-hydrogen) atoms. The minimum Gasteiger partial charge on any atom is -0.480 e. The number of carbonyl (C=O) groups is 1. The number of aryl methyl sites for hydroxylation is 3. The molecule has 0 heterocycles. The van der Waals surface area contributed by atoms with Gasteiger partial charge in [-0.2, -0.15) is 0 Å². The summed E-state index contributed by atoms with van der Waals surface area (Å²) in [5.74, 6) is 0.696. The van der Waals surface area contributed by atoms with Crippen LogP contribution in [0.15, 0.2) is 42.5 Å². The fraction of sp³-hybridized carbons (Fsp3) is 0.409. The largest absolute Gasteiger partial charge is 0.480 e. The molecule has 3 heteroatoms. The molecule has 0 radical (unpaired) electrons. The molecule has 2 aromatic carbocycles. The van der Waals surface area contributed by atoms with Gasteiger partial charge in [0.2, 0.25) is 0 Å². The molecule has 1 amide bonds. The first-order valence-electron chi connectivity index (χ1n) is 9.07. The summed E-state index contributed by atoms with van der Waals surface area (Å²) in [5.41, 5.74) is 4.64. The van der Waals surface area contributed by atoms with Crippen molar-refractivity contribution in [1.29, 1.82) is 0 Å². The van der Waals surface area contributed by atoms with Gasteiger partial charge in [0, 0.05) is 0 Å². The van der Waals surface area contributed by atoms with E-state index >= 15 is 0 Å². The molecule has 0 spiro atoms. The third-order valence-corrected chi connectivity index (χ3v) is 4.51. The fourth-order valence-corrected chi connectivity index (χ4v) is 2.84. The van der Waals surface area contributed by atoms with E-state index in [1.54, 1.807) is 0 Å². The Balaban J connectivity index is 2.03. The number of carbonyl (C=O) groups excluding carboxylic acids is 1. The van der Waals surface area contributed by atoms with Crippen molar-refractivity contribution in [3.05, 3.63) is 64.7 Å². The second kappa shape index (κ2) is 8.70. The van der Waals surface area contributed by atoms with Crippen LogP contribution in [0.1, 0.15) is 55.5 Å². The van der Waals surface area contributed by atoms with Gasteiger partial charge in [-0.05, 0) is 56.4 Å². The van der Waals surface area contributed by atoms with Crippen molar-refractivity contribution in [1.82, 2.24) is 5.32 Å². The topological polar surface area (TPSA) is 38.3 Å². The SMILES string of the molecule is CCc1ccc([C@H](C)NC(=O)[C@@H](CC)Oc2ccc(C)cc2C)cc1. The molecule has 0 aliphatic carbocycles. The Hall–Kier alpha value is -2.29. The van der Waals surface area contributed by atoms with Crippen LogP contribution < -0.4 is 10.1 Å². The van der Waals surface area contributed by atoms with Crippen molar-refractivity contribution in [3.63, 3.8) is 0 Å². The Bertz CT molecular complexity index is 706. The van der Waals surface area contributed by atoms with Crippen molar-refractivity contribution in [2.75, 3.05) is 0 Å². The minimum atomic E-state index is -0.487. The summed E-state index contributed by atoms with van der Waals surface area (Å²) in [5, 5.41) is 3.07. The van der Waals surface area contributed by atoms with E-state index < -0.39 is 6.10 Å². The molecule has 0 aliphatic rings. The van der Waals surface area contributed by atoms with Crippen LogP contribution in [-0.4, -0.2) is 12.0 Å². The van der Waals surface area contributed by atoms with Gasteiger partial charge in [0.1, 0.15) is 5.75 Å². The summed E-state index contributed by atoms with van der Waals surface area (Å²) in [6, 6.07) is 14.3. The number of benzene rings is 2. The second-order valence-electron chi connectivity index (χ2n) is 6.61. The van der Waals surface area contributed by atoms with Crippen LogP contribution in [-0.2, 0) is 11.2 Å². The Labute approximate surface area is 151 Å². The molecule has 2 aromatic rings. The maximum Gasteiger partial charge on any atom is 0.261 e. The number of amides is 1. The van der Waals surface area contributed by atoms with E-state index in [-0.39, 0.29) is 11.9 Å². The van der Waals surface area contributed by atoms with Crippen molar-refractivity contribution in [2.24, 2.45) is 0 Å². The molecule has 1 N–H and O–H groups in total. The lowest BCUT2D eigenvalue weighted by molar-refractivity contribution is -0.128. The summed E-state index contributed by atoms with van der Waals surface area (Å²) < 4.78 is 5.97. The molecule has 0 aromatic heterocycles. The van der Waals surface area contributed by atoms with E-state index in [9.17, 15) is 4.79 Å². The van der Waals surface area contributed by atoms with Crippen molar-refractivity contribution >= 4 is 5.91 Å². The number of nitrogens with one attached hydrogen (secondary N) is 1. The molecule has 2 rings (SSSR count). The highest BCUT2D eigenvalue weighted by Crippen LogP contribution is 2.21. The van der Waals surface area contributed by atoms with E-state index in [1.807, 2.05) is 39.8 Å². The van der Waals surface area contributed by atoms with E-state index in [2.05, 4.69) is 42.6 Å². The second-order valence-corrected chi connectivity index (χ2v) is 6.61. The summed E-state index contributed by atoms with van der Waals surface area (Å²) in [6.07, 6.45) is 1.15. The highest BCUT2D eigenvalue weighted by molar-refractivity contribution is 5.81. The smallest absolute Gasteiger partial charge is 0.261 e. The minimum absolute atomic E-state index is 0.0461. The Morgan fingerprint density at radius 3 is 2.32 bits per heavy atom. The number of hydrogen-bond acceptors (Lipinski definition) is 2. The predicted octanol–water partition coefficient (Wildman–Crippen LogP) is 4.90. The van der Waals surface area contributed by atoms with Gasteiger partial charge in [0.25, 0.3) is 5.91 Å². The Morgan fingerprint density at radius 1 is 1.08 bits per heavy atom. The first kappa shape index (κ1) is 19.0. The van der Waals surface area contributed by atoms with Gasteiger partial charge in [-0.1, -0.05) is 55.8 Å². The molecular weight excluding hydrogens is 310 g/mol. The highest BCUT2D eigenvalue weighted by Gasteiger charge is 2.21. The van der Waals surface area contributed by atoms with Crippen molar-refractivity contribution < 1.29 is 9.53 Å². The zero-order valence-electron chi connectivity index (χ0n) is 15.9. The van der Waals surface area contributed by atoms with Gasteiger partial charge in [-0.25, -0.2) is 0 Å². The van der Waals surface area contributed by atoms with Crippen LogP contribution in [0.2, 0.25) is 0 Å². The normalized spacial score (nSPS) is 13.2. The predicted molar refractivity (Wildman–Crippen MR) is 103 cm³/mol. The molecular formula is C22H29NO2. The van der Waals surface area contributed by atoms with Crippen LogP contribution in [0.25, 0.3) is 0 Å². The van der Waals surface area contributed by atoms with Gasteiger partial charge in [0.05, 0.1) is 6.04 Å². The molecule has 2 atom stereocenters. The molecule has 134 valence electrons. The van der Waals surface area contributed by atoms with Crippen molar-refractivity contribution in [2.45, 2.75) is 59.6 Å². The maximum absolute atomic E-state index is 12.6. The Morgan fingerprint density at radius 2 is 1.76 bits per heavy atom. The molecule has 0 saturated carbocycles. The summed E-state index contributed by atoms with van der Waals surface area (Å²) >= 11 is 0. The van der Waals surface area contributed by atoms with Crippen LogP contribution >= 0.6 is 0 Å². The third-order valence-electron chi connectivity index (χ3n) is 4.51. The molecule has 0 fully saturated rings. The standard InChI is InChI=1S/C22H29NO2/c1-6-18-9-11-19(12-10-18)17(5)23-22(24)20(7-2)25-21-13-8-15(3)14-16(21)4/h8-14,17,20H,6-7H2,1-5H3,(H,23,24)/t17-,20+/m0/s1. The van der Waals surface area contributed by atoms with E-state index in [0.717, 1.165) is 23.3 Å². The van der Waals surface area contributed by atoms with Crippen LogP contribution in [0.4, 0.5) is 0 Å². The van der Waals surface area contributed by atoms with Crippen LogP contribution in [0.3, 0.4) is 0 Å². The van der Waals surface area contributed by atoms with E-state index in [0.29, 0.717) is 6.42 Å². The molecule has 0 unspecified atom stereocenters. The summed E-state index contributed by atoms with van der Waals surface area (Å²) in [4.78, 5) is 12.6. The van der Waals surface area contributed by atoms with Gasteiger partial charge in [-0.3, -0.25) is 4.79 Å². The zero-order valence-corrected chi connectivity index (χ0v) is 15.9. The van der Waals surface area contributed by atoms with Gasteiger partial charge in [-0.15, -0.1) is 0 Å². The lowest BCUT2D eigenvalue weighted by atomic mass is 10.0. The quantitative estimate of drug-likeness (QED) is 0.779. The van der Waals surface area contributed by atoms with E-state index in [4.69, 9.17) is 4.74 Å². The molecule has 0 bridgehead atoms. The average molecular weight is 339 g/mol. The zero-order chi connectivity index (χ0) is 18.4. The monoisotopic (exact) mass is 339 g/mol. The van der Waals surface area contributed by atoms with Crippen molar-refractivity contribution in [3.8, 4) is 5.75 Å². The molecule has 0 saturated heterocycles. The number of ether oxygens (including phenoxy) is 1. The first-order chi connectivity index (χ1) is 11.9. The lowest BCUT2D eigenvalue weighted by Crippen LogP contribution is -2.39. The number of hydrogen-bond donors (Lipinski definition) is 1. The van der Waals surface area contributed by atoms with Crippen LogP contribution in [0, 0.1) is 13.8 Å². The Kier molecular flexibility index (Phi) is 6.63. The van der Waals surface area contributed by atoms with Gasteiger partial charge in [0.15, 0.2) is 6.10 Å². The van der Waals surface area contributed by atoms with Gasteiger partial charge < -0.3 is 10.1 Å². The average Bonchev–Trinajstić information content (AvgIpc) is 2.61. The van der Waals surface area contributed by atoms with Crippen LogP contribution in [0.5, 0.6) is 5.75 Å². The first-order valence-corrected chi connectivity index (χ1v) is 9.07. The lowest BCUT2D eigenvalue weighted by Gasteiger charge is -2.22. The molecule has 0 aliphatic heterocycles. The third kappa shape index (κ3) is 5.09. The number of rotatable bonds is 7.